The lowest BCUT2D eigenvalue weighted by Crippen LogP contribution is -2.13. The maximum absolute atomic E-state index is 13.8. The third-order valence-corrected chi connectivity index (χ3v) is 2.95. The summed E-state index contributed by atoms with van der Waals surface area (Å²) in [6, 6.07) is 8.74. The molecule has 90 valence electrons. The Hall–Kier alpha value is -1.68. The second kappa shape index (κ2) is 5.10. The summed E-state index contributed by atoms with van der Waals surface area (Å²) >= 11 is 0. The monoisotopic (exact) mass is 233 g/mol. The van der Waals surface area contributed by atoms with Gasteiger partial charge in [0.1, 0.15) is 5.82 Å². The first-order chi connectivity index (χ1) is 8.24. The molecule has 0 bridgehead atoms. The Morgan fingerprint density at radius 3 is 2.71 bits per heavy atom. The number of aryl methyl sites for hydroxylation is 1. The maximum Gasteiger partial charge on any atom is 0.127 e. The van der Waals surface area contributed by atoms with Gasteiger partial charge in [-0.15, -0.1) is 0 Å². The van der Waals surface area contributed by atoms with E-state index in [0.29, 0.717) is 18.5 Å². The molecule has 0 saturated heterocycles. The first kappa shape index (κ1) is 11.8. The van der Waals surface area contributed by atoms with Crippen LogP contribution in [0.5, 0.6) is 0 Å². The van der Waals surface area contributed by atoms with Gasteiger partial charge < -0.3 is 5.73 Å². The second-order valence-corrected chi connectivity index (χ2v) is 4.03. The number of aromatic nitrogens is 2. The molecule has 0 aliphatic heterocycles. The molecule has 0 saturated carbocycles. The SMILES string of the molecule is Cn1nccc1C(CCN)c1ccccc1F. The van der Waals surface area contributed by atoms with Crippen LogP contribution in [0.15, 0.2) is 36.5 Å². The van der Waals surface area contributed by atoms with E-state index in [4.69, 9.17) is 5.73 Å². The minimum atomic E-state index is -0.188. The summed E-state index contributed by atoms with van der Waals surface area (Å²) in [4.78, 5) is 0. The first-order valence-electron chi connectivity index (χ1n) is 5.66. The predicted molar refractivity (Wildman–Crippen MR) is 65.1 cm³/mol. The Bertz CT molecular complexity index is 493. The van der Waals surface area contributed by atoms with Crippen molar-refractivity contribution < 1.29 is 4.39 Å². The highest BCUT2D eigenvalue weighted by molar-refractivity contribution is 5.29. The van der Waals surface area contributed by atoms with E-state index in [1.54, 1.807) is 16.9 Å². The standard InChI is InChI=1S/C13H16FN3/c1-17-13(7-9-16-17)11(6-8-15)10-4-2-3-5-12(10)14/h2-5,7,9,11H,6,8,15H2,1H3. The van der Waals surface area contributed by atoms with Crippen LogP contribution in [-0.2, 0) is 7.05 Å². The molecule has 17 heavy (non-hydrogen) atoms. The van der Waals surface area contributed by atoms with E-state index < -0.39 is 0 Å². The van der Waals surface area contributed by atoms with Gasteiger partial charge in [-0.2, -0.15) is 5.10 Å². The van der Waals surface area contributed by atoms with Crippen molar-refractivity contribution in [1.82, 2.24) is 9.78 Å². The molecule has 0 aliphatic carbocycles. The van der Waals surface area contributed by atoms with Crippen molar-refractivity contribution in [2.75, 3.05) is 6.54 Å². The molecule has 2 rings (SSSR count). The third kappa shape index (κ3) is 2.36. The van der Waals surface area contributed by atoms with Crippen molar-refractivity contribution in [2.45, 2.75) is 12.3 Å². The molecular formula is C13H16FN3. The molecule has 0 aliphatic rings. The van der Waals surface area contributed by atoms with Crippen LogP contribution in [0.4, 0.5) is 4.39 Å². The number of halogens is 1. The summed E-state index contributed by atoms with van der Waals surface area (Å²) in [5.41, 5.74) is 7.29. The van der Waals surface area contributed by atoms with E-state index in [-0.39, 0.29) is 11.7 Å². The number of hydrogen-bond acceptors (Lipinski definition) is 2. The van der Waals surface area contributed by atoms with Crippen molar-refractivity contribution in [3.05, 3.63) is 53.6 Å². The molecule has 1 heterocycles. The highest BCUT2D eigenvalue weighted by Gasteiger charge is 2.19. The van der Waals surface area contributed by atoms with Gasteiger partial charge in [0, 0.05) is 24.9 Å². The Morgan fingerprint density at radius 1 is 1.35 bits per heavy atom. The zero-order valence-electron chi connectivity index (χ0n) is 9.81. The number of benzene rings is 1. The summed E-state index contributed by atoms with van der Waals surface area (Å²) in [5, 5.41) is 4.13. The van der Waals surface area contributed by atoms with Crippen molar-refractivity contribution in [2.24, 2.45) is 12.8 Å². The number of nitrogens with zero attached hydrogens (tertiary/aromatic N) is 2. The summed E-state index contributed by atoms with van der Waals surface area (Å²) < 4.78 is 15.6. The lowest BCUT2D eigenvalue weighted by molar-refractivity contribution is 0.567. The molecule has 1 unspecified atom stereocenters. The molecule has 0 radical (unpaired) electrons. The second-order valence-electron chi connectivity index (χ2n) is 4.03. The molecule has 1 aromatic carbocycles. The number of rotatable bonds is 4. The molecule has 4 heteroatoms. The third-order valence-electron chi connectivity index (χ3n) is 2.95. The normalized spacial score (nSPS) is 12.6. The van der Waals surface area contributed by atoms with Crippen molar-refractivity contribution >= 4 is 0 Å². The van der Waals surface area contributed by atoms with Gasteiger partial charge in [-0.3, -0.25) is 4.68 Å². The highest BCUT2D eigenvalue weighted by atomic mass is 19.1. The van der Waals surface area contributed by atoms with Crippen LogP contribution < -0.4 is 5.73 Å². The fraction of sp³-hybridized carbons (Fsp3) is 0.308. The van der Waals surface area contributed by atoms with E-state index >= 15 is 0 Å². The van der Waals surface area contributed by atoms with E-state index in [1.165, 1.54) is 6.07 Å². The maximum atomic E-state index is 13.8. The van der Waals surface area contributed by atoms with Crippen molar-refractivity contribution in [3.8, 4) is 0 Å². The summed E-state index contributed by atoms with van der Waals surface area (Å²) in [6.45, 7) is 0.518. The Labute approximate surface area is 100 Å². The Balaban J connectivity index is 2.43. The van der Waals surface area contributed by atoms with E-state index in [1.807, 2.05) is 25.2 Å². The lowest BCUT2D eigenvalue weighted by Gasteiger charge is -2.17. The molecule has 1 atom stereocenters. The van der Waals surface area contributed by atoms with Crippen LogP contribution in [-0.4, -0.2) is 16.3 Å². The molecule has 0 fully saturated rings. The van der Waals surface area contributed by atoms with Gasteiger partial charge >= 0.3 is 0 Å². The van der Waals surface area contributed by atoms with Crippen LogP contribution in [0.25, 0.3) is 0 Å². The summed E-state index contributed by atoms with van der Waals surface area (Å²) in [7, 11) is 1.86. The Morgan fingerprint density at radius 2 is 2.12 bits per heavy atom. The van der Waals surface area contributed by atoms with Gasteiger partial charge in [-0.1, -0.05) is 18.2 Å². The van der Waals surface area contributed by atoms with Gasteiger partial charge in [0.25, 0.3) is 0 Å². The summed E-state index contributed by atoms with van der Waals surface area (Å²) in [5.74, 6) is -0.221. The van der Waals surface area contributed by atoms with E-state index in [9.17, 15) is 4.39 Å². The zero-order chi connectivity index (χ0) is 12.3. The van der Waals surface area contributed by atoms with Crippen LogP contribution in [0.3, 0.4) is 0 Å². The molecule has 1 aromatic heterocycles. The van der Waals surface area contributed by atoms with Gasteiger partial charge in [-0.25, -0.2) is 4.39 Å². The molecule has 0 amide bonds. The average molecular weight is 233 g/mol. The van der Waals surface area contributed by atoms with E-state index in [0.717, 1.165) is 5.69 Å². The minimum absolute atomic E-state index is 0.0336. The van der Waals surface area contributed by atoms with Crippen molar-refractivity contribution in [1.29, 1.82) is 0 Å². The largest absolute Gasteiger partial charge is 0.330 e. The van der Waals surface area contributed by atoms with Crippen LogP contribution in [0.1, 0.15) is 23.6 Å². The molecule has 2 N–H and O–H groups in total. The van der Waals surface area contributed by atoms with Gasteiger partial charge in [0.15, 0.2) is 0 Å². The summed E-state index contributed by atoms with van der Waals surface area (Å²) in [6.07, 6.45) is 2.43. The minimum Gasteiger partial charge on any atom is -0.330 e. The quantitative estimate of drug-likeness (QED) is 0.878. The van der Waals surface area contributed by atoms with Crippen LogP contribution in [0, 0.1) is 5.82 Å². The van der Waals surface area contributed by atoms with Gasteiger partial charge in [-0.05, 0) is 30.7 Å². The number of nitrogens with two attached hydrogens (primary N) is 1. The molecule has 0 spiro atoms. The smallest absolute Gasteiger partial charge is 0.127 e. The Kier molecular flexibility index (Phi) is 3.54. The average Bonchev–Trinajstić information content (AvgIpc) is 2.74. The van der Waals surface area contributed by atoms with Crippen LogP contribution >= 0.6 is 0 Å². The number of hydrogen-bond donors (Lipinski definition) is 1. The molecule has 2 aromatic rings. The lowest BCUT2D eigenvalue weighted by atomic mass is 9.92. The fourth-order valence-electron chi connectivity index (χ4n) is 2.11. The molecule has 3 nitrogen and oxygen atoms in total. The fourth-order valence-corrected chi connectivity index (χ4v) is 2.11. The highest BCUT2D eigenvalue weighted by Crippen LogP contribution is 2.28. The van der Waals surface area contributed by atoms with Gasteiger partial charge in [0.05, 0.1) is 0 Å². The van der Waals surface area contributed by atoms with Gasteiger partial charge in [0.2, 0.25) is 0 Å². The van der Waals surface area contributed by atoms with Crippen LogP contribution in [0.2, 0.25) is 0 Å². The zero-order valence-corrected chi connectivity index (χ0v) is 9.81. The van der Waals surface area contributed by atoms with E-state index in [2.05, 4.69) is 5.10 Å². The van der Waals surface area contributed by atoms with Crippen molar-refractivity contribution in [3.63, 3.8) is 0 Å². The predicted octanol–water partition coefficient (Wildman–Crippen LogP) is 2.04. The first-order valence-corrected chi connectivity index (χ1v) is 5.66. The topological polar surface area (TPSA) is 43.8 Å². The molecular weight excluding hydrogens is 217 g/mol.